The number of hydrogen-bond donors (Lipinski definition) is 1. The molecule has 1 N–H and O–H groups in total. The molecule has 2 aromatic rings. The molecule has 2 heteroatoms. The van der Waals surface area contributed by atoms with Crippen LogP contribution < -0.4 is 10.1 Å². The Morgan fingerprint density at radius 3 is 2.60 bits per heavy atom. The van der Waals surface area contributed by atoms with Crippen molar-refractivity contribution in [2.75, 3.05) is 20.2 Å². The highest BCUT2D eigenvalue weighted by Gasteiger charge is 2.12. The quantitative estimate of drug-likeness (QED) is 0.912. The molecule has 2 nitrogen and oxygen atoms in total. The highest BCUT2D eigenvalue weighted by molar-refractivity contribution is 5.84. The fourth-order valence-corrected chi connectivity index (χ4v) is 3.10. The van der Waals surface area contributed by atoms with E-state index in [0.29, 0.717) is 0 Å². The fraction of sp³-hybridized carbons (Fsp3) is 0.444. The lowest BCUT2D eigenvalue weighted by molar-refractivity contribution is 0.354. The van der Waals surface area contributed by atoms with Crippen LogP contribution in [0, 0.1) is 5.92 Å². The van der Waals surface area contributed by atoms with Crippen molar-refractivity contribution in [2.24, 2.45) is 5.92 Å². The highest BCUT2D eigenvalue weighted by atomic mass is 16.5. The first-order valence-corrected chi connectivity index (χ1v) is 7.62. The normalized spacial score (nSPS) is 16.4. The number of ether oxygens (including phenoxy) is 1. The Hall–Kier alpha value is -1.54. The molecular formula is C18H23NO. The lowest BCUT2D eigenvalue weighted by Crippen LogP contribution is -2.27. The number of fused-ring (bicyclic) bond motifs is 1. The van der Waals surface area contributed by atoms with Crippen LogP contribution in [0.5, 0.6) is 5.75 Å². The molecule has 0 saturated carbocycles. The van der Waals surface area contributed by atoms with E-state index < -0.39 is 0 Å². The van der Waals surface area contributed by atoms with Crippen molar-refractivity contribution in [3.8, 4) is 5.75 Å². The van der Waals surface area contributed by atoms with Gasteiger partial charge in [0.15, 0.2) is 0 Å². The molecule has 3 rings (SSSR count). The van der Waals surface area contributed by atoms with Gasteiger partial charge in [-0.15, -0.1) is 0 Å². The Kier molecular flexibility index (Phi) is 4.22. The van der Waals surface area contributed by atoms with E-state index in [-0.39, 0.29) is 0 Å². The number of hydrogen-bond acceptors (Lipinski definition) is 2. The van der Waals surface area contributed by atoms with Gasteiger partial charge in [-0.05, 0) is 73.2 Å². The first-order chi connectivity index (χ1) is 9.85. The van der Waals surface area contributed by atoms with Crippen molar-refractivity contribution in [3.63, 3.8) is 0 Å². The summed E-state index contributed by atoms with van der Waals surface area (Å²) >= 11 is 0. The Labute approximate surface area is 121 Å². The molecule has 0 spiro atoms. The van der Waals surface area contributed by atoms with E-state index in [1.165, 1.54) is 55.1 Å². The third-order valence-corrected chi connectivity index (χ3v) is 4.41. The van der Waals surface area contributed by atoms with Gasteiger partial charge in [-0.1, -0.05) is 24.3 Å². The first kappa shape index (κ1) is 13.4. The van der Waals surface area contributed by atoms with E-state index in [1.807, 2.05) is 6.07 Å². The summed E-state index contributed by atoms with van der Waals surface area (Å²) in [5.41, 5.74) is 1.46. The van der Waals surface area contributed by atoms with Crippen LogP contribution in [-0.4, -0.2) is 20.2 Å². The summed E-state index contributed by atoms with van der Waals surface area (Å²) in [5.74, 6) is 1.84. The summed E-state index contributed by atoms with van der Waals surface area (Å²) in [7, 11) is 1.72. The Bertz CT molecular complexity index is 573. The first-order valence-electron chi connectivity index (χ1n) is 7.62. The van der Waals surface area contributed by atoms with Gasteiger partial charge < -0.3 is 10.1 Å². The maximum absolute atomic E-state index is 5.27. The van der Waals surface area contributed by atoms with Gasteiger partial charge in [0.1, 0.15) is 5.75 Å². The summed E-state index contributed by atoms with van der Waals surface area (Å²) in [4.78, 5) is 0. The number of benzene rings is 2. The molecule has 1 aliphatic rings. The van der Waals surface area contributed by atoms with Gasteiger partial charge in [-0.25, -0.2) is 0 Å². The number of methoxy groups -OCH3 is 1. The molecule has 106 valence electrons. The van der Waals surface area contributed by atoms with Crippen LogP contribution in [0.4, 0.5) is 0 Å². The Balaban J connectivity index is 1.69. The van der Waals surface area contributed by atoms with E-state index in [1.54, 1.807) is 7.11 Å². The summed E-state index contributed by atoms with van der Waals surface area (Å²) in [5, 5.41) is 6.01. The molecule has 1 saturated heterocycles. The zero-order valence-corrected chi connectivity index (χ0v) is 12.2. The van der Waals surface area contributed by atoms with E-state index in [2.05, 4.69) is 35.6 Å². The molecule has 0 aliphatic carbocycles. The van der Waals surface area contributed by atoms with Crippen LogP contribution in [0.1, 0.15) is 24.8 Å². The third kappa shape index (κ3) is 3.13. The molecule has 20 heavy (non-hydrogen) atoms. The lowest BCUT2D eigenvalue weighted by atomic mass is 9.91. The SMILES string of the molecule is COc1ccc2cc(CCC3CCNCC3)ccc2c1. The van der Waals surface area contributed by atoms with Crippen molar-refractivity contribution in [2.45, 2.75) is 25.7 Å². The third-order valence-electron chi connectivity index (χ3n) is 4.41. The standard InChI is InChI=1S/C18H23NO/c1-20-18-7-6-16-12-15(4-5-17(16)13-18)3-2-14-8-10-19-11-9-14/h4-7,12-14,19H,2-3,8-11H2,1H3. The van der Waals surface area contributed by atoms with E-state index in [0.717, 1.165) is 11.7 Å². The molecule has 1 heterocycles. The summed E-state index contributed by atoms with van der Waals surface area (Å²) < 4.78 is 5.27. The van der Waals surface area contributed by atoms with Gasteiger partial charge in [0.25, 0.3) is 0 Å². The second-order valence-electron chi connectivity index (χ2n) is 5.78. The minimum absolute atomic E-state index is 0.905. The number of aryl methyl sites for hydroxylation is 1. The maximum atomic E-state index is 5.27. The molecule has 0 radical (unpaired) electrons. The summed E-state index contributed by atoms with van der Waals surface area (Å²) in [6.45, 7) is 2.39. The molecule has 2 aromatic carbocycles. The largest absolute Gasteiger partial charge is 0.497 e. The van der Waals surface area contributed by atoms with E-state index in [9.17, 15) is 0 Å². The van der Waals surface area contributed by atoms with E-state index in [4.69, 9.17) is 4.74 Å². The Morgan fingerprint density at radius 1 is 1.05 bits per heavy atom. The number of rotatable bonds is 4. The molecule has 0 amide bonds. The van der Waals surface area contributed by atoms with Crippen LogP contribution in [0.2, 0.25) is 0 Å². The summed E-state index contributed by atoms with van der Waals surface area (Å²) in [6.07, 6.45) is 5.20. The number of nitrogens with one attached hydrogen (secondary N) is 1. The topological polar surface area (TPSA) is 21.3 Å². The molecule has 0 unspecified atom stereocenters. The average molecular weight is 269 g/mol. The fourth-order valence-electron chi connectivity index (χ4n) is 3.10. The van der Waals surface area contributed by atoms with Crippen LogP contribution in [0.25, 0.3) is 10.8 Å². The minimum atomic E-state index is 0.905. The predicted molar refractivity (Wildman–Crippen MR) is 84.4 cm³/mol. The van der Waals surface area contributed by atoms with Gasteiger partial charge in [-0.2, -0.15) is 0 Å². The molecule has 0 aromatic heterocycles. The van der Waals surface area contributed by atoms with Gasteiger partial charge in [-0.3, -0.25) is 0 Å². The summed E-state index contributed by atoms with van der Waals surface area (Å²) in [6, 6.07) is 13.1. The Morgan fingerprint density at radius 2 is 1.80 bits per heavy atom. The van der Waals surface area contributed by atoms with Crippen molar-refractivity contribution >= 4 is 10.8 Å². The number of piperidine rings is 1. The molecule has 0 bridgehead atoms. The van der Waals surface area contributed by atoms with Gasteiger partial charge in [0.2, 0.25) is 0 Å². The molecular weight excluding hydrogens is 246 g/mol. The lowest BCUT2D eigenvalue weighted by Gasteiger charge is -2.22. The van der Waals surface area contributed by atoms with Crippen molar-refractivity contribution in [1.29, 1.82) is 0 Å². The monoisotopic (exact) mass is 269 g/mol. The van der Waals surface area contributed by atoms with Gasteiger partial charge in [0.05, 0.1) is 7.11 Å². The van der Waals surface area contributed by atoms with Crippen molar-refractivity contribution in [1.82, 2.24) is 5.32 Å². The molecule has 0 atom stereocenters. The minimum Gasteiger partial charge on any atom is -0.497 e. The van der Waals surface area contributed by atoms with Crippen LogP contribution >= 0.6 is 0 Å². The maximum Gasteiger partial charge on any atom is 0.119 e. The van der Waals surface area contributed by atoms with Crippen LogP contribution in [-0.2, 0) is 6.42 Å². The van der Waals surface area contributed by atoms with Gasteiger partial charge >= 0.3 is 0 Å². The second kappa shape index (κ2) is 6.27. The average Bonchev–Trinajstić information content (AvgIpc) is 2.53. The van der Waals surface area contributed by atoms with Crippen LogP contribution in [0.15, 0.2) is 36.4 Å². The molecule has 1 aliphatic heterocycles. The second-order valence-corrected chi connectivity index (χ2v) is 5.78. The zero-order valence-electron chi connectivity index (χ0n) is 12.2. The van der Waals surface area contributed by atoms with Gasteiger partial charge in [0, 0.05) is 0 Å². The smallest absolute Gasteiger partial charge is 0.119 e. The molecule has 1 fully saturated rings. The zero-order chi connectivity index (χ0) is 13.8. The highest BCUT2D eigenvalue weighted by Crippen LogP contribution is 2.24. The predicted octanol–water partition coefficient (Wildman–Crippen LogP) is 3.78. The van der Waals surface area contributed by atoms with E-state index >= 15 is 0 Å². The van der Waals surface area contributed by atoms with Crippen LogP contribution in [0.3, 0.4) is 0 Å². The van der Waals surface area contributed by atoms with Crippen molar-refractivity contribution in [3.05, 3.63) is 42.0 Å². The van der Waals surface area contributed by atoms with Crippen molar-refractivity contribution < 1.29 is 4.74 Å².